The zero-order valence-electron chi connectivity index (χ0n) is 42.1. The minimum absolute atomic E-state index is 1.11. The molecule has 0 unspecified atom stereocenters. The molecule has 350 valence electrons. The van der Waals surface area contributed by atoms with Crippen LogP contribution in [0.2, 0.25) is 39.3 Å². The summed E-state index contributed by atoms with van der Waals surface area (Å²) in [7, 11) is -3.05. The summed E-state index contributed by atoms with van der Waals surface area (Å²) < 4.78 is 0. The van der Waals surface area contributed by atoms with E-state index in [-0.39, 0.29) is 0 Å². The summed E-state index contributed by atoms with van der Waals surface area (Å²) in [5.74, 6) is 0. The average molecular weight is 961 g/mol. The Morgan fingerprint density at radius 2 is 0.486 bits per heavy atom. The molecular weight excluding hydrogens is 901 g/mol. The molecule has 11 aromatic rings. The number of hydrogen-bond acceptors (Lipinski definition) is 2. The van der Waals surface area contributed by atoms with Gasteiger partial charge in [0.25, 0.3) is 0 Å². The highest BCUT2D eigenvalue weighted by atomic mass is 28.3. The van der Waals surface area contributed by atoms with Crippen molar-refractivity contribution in [2.45, 2.75) is 39.3 Å². The van der Waals surface area contributed by atoms with Crippen LogP contribution in [0.15, 0.2) is 255 Å². The molecule has 0 N–H and O–H groups in total. The Balaban J connectivity index is 1.20. The number of nitrogens with zero attached hydrogens (tertiary/aromatic N) is 2. The maximum absolute atomic E-state index is 2.45. The van der Waals surface area contributed by atoms with E-state index in [1.807, 2.05) is 0 Å². The number of hydrogen-bond donors (Lipinski definition) is 0. The van der Waals surface area contributed by atoms with Crippen molar-refractivity contribution in [3.8, 4) is 44.5 Å². The molecule has 0 heterocycles. The number of benzene rings is 11. The van der Waals surface area contributed by atoms with Crippen LogP contribution in [0.1, 0.15) is 0 Å². The van der Waals surface area contributed by atoms with Gasteiger partial charge in [0.1, 0.15) is 0 Å². The Kier molecular flexibility index (Phi) is 12.4. The fraction of sp³-hybridized carbons (Fsp3) is 0.0882. The van der Waals surface area contributed by atoms with Crippen molar-refractivity contribution < 1.29 is 0 Å². The first-order valence-corrected chi connectivity index (χ1v) is 32.2. The molecule has 11 aromatic carbocycles. The van der Waals surface area contributed by atoms with Crippen LogP contribution in [0.5, 0.6) is 0 Å². The zero-order valence-corrected chi connectivity index (χ0v) is 44.1. The lowest BCUT2D eigenvalue weighted by atomic mass is 9.84. The maximum atomic E-state index is 2.45. The molecule has 0 fully saturated rings. The molecule has 0 aliphatic heterocycles. The molecule has 0 aromatic heterocycles. The SMILES string of the molecule is C[Si](C)(C)c1ccc(N(c2ccccc2)c2ccc3c(-c4ccc(-c5ccccc5)cc4)c4cc(N(c5ccccc5)c5ccc([Si](C)(C)C)cc5)ccc4c(-c4ccc(-c5ccccc5)cc4)c3c2)cc1. The molecule has 72 heavy (non-hydrogen) atoms. The summed E-state index contributed by atoms with van der Waals surface area (Å²) in [6, 6.07) is 94.4. The van der Waals surface area contributed by atoms with E-state index in [2.05, 4.69) is 304 Å². The molecule has 4 heteroatoms. The Labute approximate surface area is 428 Å². The molecule has 11 rings (SSSR count). The third-order valence-corrected chi connectivity index (χ3v) is 18.3. The van der Waals surface area contributed by atoms with Gasteiger partial charge in [0, 0.05) is 34.1 Å². The monoisotopic (exact) mass is 960 g/mol. The summed E-state index contributed by atoms with van der Waals surface area (Å²) >= 11 is 0. The van der Waals surface area contributed by atoms with Gasteiger partial charge in [0.2, 0.25) is 0 Å². The lowest BCUT2D eigenvalue weighted by Crippen LogP contribution is -2.37. The number of para-hydroxylation sites is 2. The van der Waals surface area contributed by atoms with Crippen LogP contribution >= 0.6 is 0 Å². The molecule has 0 saturated carbocycles. The maximum Gasteiger partial charge on any atom is 0.0775 e. The Hall–Kier alpha value is -8.03. The second-order valence-corrected chi connectivity index (χ2v) is 31.2. The summed E-state index contributed by atoms with van der Waals surface area (Å²) in [5, 5.41) is 7.69. The molecule has 0 spiro atoms. The largest absolute Gasteiger partial charge is 0.310 e. The quantitative estimate of drug-likeness (QED) is 0.0889. The predicted octanol–water partition coefficient (Wildman–Crippen LogP) is 18.7. The van der Waals surface area contributed by atoms with Gasteiger partial charge in [-0.1, -0.05) is 232 Å². The van der Waals surface area contributed by atoms with E-state index in [1.165, 1.54) is 76.4 Å². The van der Waals surface area contributed by atoms with Crippen LogP contribution in [0, 0.1) is 0 Å². The molecule has 0 bridgehead atoms. The molecule has 2 nitrogen and oxygen atoms in total. The number of rotatable bonds is 12. The van der Waals surface area contributed by atoms with E-state index < -0.39 is 16.1 Å². The zero-order chi connectivity index (χ0) is 49.4. The van der Waals surface area contributed by atoms with Crippen molar-refractivity contribution >= 4 is 82.2 Å². The lowest BCUT2D eigenvalue weighted by molar-refractivity contribution is 1.29. The molecular formula is C68H60N2Si2. The van der Waals surface area contributed by atoms with Crippen molar-refractivity contribution in [1.82, 2.24) is 0 Å². The number of anilines is 6. The van der Waals surface area contributed by atoms with Gasteiger partial charge in [0.15, 0.2) is 0 Å². The molecule has 0 aliphatic carbocycles. The van der Waals surface area contributed by atoms with E-state index in [0.717, 1.165) is 34.1 Å². The van der Waals surface area contributed by atoms with Crippen molar-refractivity contribution in [2.24, 2.45) is 0 Å². The van der Waals surface area contributed by atoms with Crippen molar-refractivity contribution in [3.05, 3.63) is 255 Å². The van der Waals surface area contributed by atoms with Crippen LogP contribution in [-0.2, 0) is 0 Å². The van der Waals surface area contributed by atoms with E-state index in [1.54, 1.807) is 0 Å². The van der Waals surface area contributed by atoms with Crippen LogP contribution < -0.4 is 20.2 Å². The normalized spacial score (nSPS) is 11.8. The van der Waals surface area contributed by atoms with Crippen molar-refractivity contribution in [1.29, 1.82) is 0 Å². The molecule has 0 radical (unpaired) electrons. The van der Waals surface area contributed by atoms with Crippen LogP contribution in [0.25, 0.3) is 66.1 Å². The molecule has 0 saturated heterocycles. The number of fused-ring (bicyclic) bond motifs is 2. The lowest BCUT2D eigenvalue weighted by Gasteiger charge is -2.29. The second-order valence-electron chi connectivity index (χ2n) is 21.0. The van der Waals surface area contributed by atoms with Gasteiger partial charge < -0.3 is 9.80 Å². The summed E-state index contributed by atoms with van der Waals surface area (Å²) in [5.41, 5.74) is 16.3. The van der Waals surface area contributed by atoms with Gasteiger partial charge in [-0.05, 0) is 139 Å². The topological polar surface area (TPSA) is 6.48 Å². The fourth-order valence-electron chi connectivity index (χ4n) is 10.3. The first-order chi connectivity index (χ1) is 35.0. The highest BCUT2D eigenvalue weighted by Crippen LogP contribution is 2.49. The molecule has 0 amide bonds. The van der Waals surface area contributed by atoms with Gasteiger partial charge in [-0.2, -0.15) is 0 Å². The standard InChI is InChI=1S/C68H60N2Si2/c1-71(2,3)61-41-35-57(36-42-61)69(55-23-15-9-16-24-55)59-39-45-63-65(47-59)67(53-31-27-51(28-32-53)49-19-11-7-12-20-49)64-46-40-60(48-66(64)68(63)54-33-29-52(30-34-54)50-21-13-8-14-22-50)70(56-25-17-10-18-26-56)58-37-43-62(44-38-58)72(4,5)6/h7-48H,1-6H3. The highest BCUT2D eigenvalue weighted by molar-refractivity contribution is 6.89. The Bertz CT molecular complexity index is 3390. The third kappa shape index (κ3) is 9.23. The van der Waals surface area contributed by atoms with E-state index in [9.17, 15) is 0 Å². The Morgan fingerprint density at radius 3 is 0.806 bits per heavy atom. The van der Waals surface area contributed by atoms with Gasteiger partial charge in [-0.15, -0.1) is 0 Å². The molecule has 0 atom stereocenters. The fourth-order valence-corrected chi connectivity index (χ4v) is 12.6. The van der Waals surface area contributed by atoms with Gasteiger partial charge in [-0.25, -0.2) is 0 Å². The van der Waals surface area contributed by atoms with Gasteiger partial charge in [0.05, 0.1) is 16.1 Å². The smallest absolute Gasteiger partial charge is 0.0775 e. The van der Waals surface area contributed by atoms with E-state index >= 15 is 0 Å². The van der Waals surface area contributed by atoms with Gasteiger partial charge in [-0.3, -0.25) is 0 Å². The average Bonchev–Trinajstić information content (AvgIpc) is 3.41. The van der Waals surface area contributed by atoms with Crippen LogP contribution in [0.3, 0.4) is 0 Å². The molecule has 0 aliphatic rings. The van der Waals surface area contributed by atoms with Crippen LogP contribution in [-0.4, -0.2) is 16.1 Å². The second kappa shape index (κ2) is 19.3. The van der Waals surface area contributed by atoms with Crippen molar-refractivity contribution in [3.63, 3.8) is 0 Å². The minimum Gasteiger partial charge on any atom is -0.310 e. The van der Waals surface area contributed by atoms with Gasteiger partial charge >= 0.3 is 0 Å². The van der Waals surface area contributed by atoms with E-state index in [0.29, 0.717) is 0 Å². The minimum atomic E-state index is -1.52. The summed E-state index contributed by atoms with van der Waals surface area (Å²) in [6.07, 6.45) is 0. The first kappa shape index (κ1) is 46.4. The third-order valence-electron chi connectivity index (χ3n) is 14.2. The van der Waals surface area contributed by atoms with Crippen molar-refractivity contribution in [2.75, 3.05) is 9.80 Å². The summed E-state index contributed by atoms with van der Waals surface area (Å²) in [6.45, 7) is 14.5. The van der Waals surface area contributed by atoms with Crippen LogP contribution in [0.4, 0.5) is 34.1 Å². The Morgan fingerprint density at radius 1 is 0.222 bits per heavy atom. The highest BCUT2D eigenvalue weighted by Gasteiger charge is 2.24. The predicted molar refractivity (Wildman–Crippen MR) is 319 cm³/mol. The van der Waals surface area contributed by atoms with E-state index in [4.69, 9.17) is 0 Å². The first-order valence-electron chi connectivity index (χ1n) is 25.2. The summed E-state index contributed by atoms with van der Waals surface area (Å²) in [4.78, 5) is 4.84.